The maximum Gasteiger partial charge on any atom is 0.293 e. The average Bonchev–Trinajstić information content (AvgIpc) is 3.21. The van der Waals surface area contributed by atoms with Crippen LogP contribution in [-0.4, -0.2) is 81.6 Å². The van der Waals surface area contributed by atoms with Gasteiger partial charge < -0.3 is 25.4 Å². The molecular weight excluding hydrogens is 794 g/mol. The lowest BCUT2D eigenvalue weighted by Gasteiger charge is -2.39. The molecule has 7 rings (SSSR count). The fourth-order valence-electron chi connectivity index (χ4n) is 7.92. The van der Waals surface area contributed by atoms with Crippen molar-refractivity contribution in [3.05, 3.63) is 111 Å². The number of aromatic nitrogens is 1. The molecule has 1 aromatic heterocycles. The van der Waals surface area contributed by atoms with Gasteiger partial charge in [0, 0.05) is 87.6 Å². The number of carbonyl (C=O) groups excluding carboxylic acids is 1. The van der Waals surface area contributed by atoms with Gasteiger partial charge in [-0.05, 0) is 97.0 Å². The van der Waals surface area contributed by atoms with Crippen LogP contribution in [0, 0.1) is 21.4 Å². The zero-order chi connectivity index (χ0) is 41.7. The Bertz CT molecular complexity index is 2320. The van der Waals surface area contributed by atoms with E-state index in [0.29, 0.717) is 25.5 Å². The molecule has 2 fully saturated rings. The fourth-order valence-corrected chi connectivity index (χ4v) is 9.03. The van der Waals surface area contributed by atoms with E-state index in [1.807, 2.05) is 12.1 Å². The molecule has 0 spiro atoms. The molecule has 2 aliphatic heterocycles. The number of nitrogens with two attached hydrogens (primary N) is 1. The number of carbonyl (C=O) groups is 1. The highest BCUT2D eigenvalue weighted by atomic mass is 35.5. The Hall–Kier alpha value is -5.22. The number of nitrogen functional groups attached to an aromatic ring is 1. The van der Waals surface area contributed by atoms with E-state index >= 15 is 0 Å². The molecule has 16 heteroatoms. The normalized spacial score (nSPS) is 17.7. The molecule has 1 amide bonds. The zero-order valence-electron chi connectivity index (χ0n) is 33.3. The first-order chi connectivity index (χ1) is 28.2. The number of piperazine rings is 1. The number of allylic oxidation sites excluding steroid dienone is 1. The summed E-state index contributed by atoms with van der Waals surface area (Å²) in [6.07, 6.45) is 6.30. The van der Waals surface area contributed by atoms with Crippen molar-refractivity contribution in [3.63, 3.8) is 0 Å². The molecule has 312 valence electrons. The van der Waals surface area contributed by atoms with E-state index in [4.69, 9.17) is 26.8 Å². The first-order valence-electron chi connectivity index (χ1n) is 19.9. The highest BCUT2D eigenvalue weighted by Gasteiger charge is 2.30. The Morgan fingerprint density at radius 3 is 2.49 bits per heavy atom. The number of benzene rings is 3. The van der Waals surface area contributed by atoms with Gasteiger partial charge in [0.15, 0.2) is 0 Å². The number of nitro benzene ring substituents is 1. The van der Waals surface area contributed by atoms with Crippen LogP contribution in [0.2, 0.25) is 5.02 Å². The monoisotopic (exact) mass is 843 g/mol. The quantitative estimate of drug-likeness (QED) is 0.0880. The van der Waals surface area contributed by atoms with Gasteiger partial charge in [-0.25, -0.2) is 18.1 Å². The highest BCUT2D eigenvalue weighted by molar-refractivity contribution is 7.90. The van der Waals surface area contributed by atoms with Gasteiger partial charge in [0.25, 0.3) is 21.6 Å². The minimum absolute atomic E-state index is 0.0579. The lowest BCUT2D eigenvalue weighted by Crippen LogP contribution is -2.47. The summed E-state index contributed by atoms with van der Waals surface area (Å²) in [6.45, 7) is 10.3. The van der Waals surface area contributed by atoms with Gasteiger partial charge in [0.1, 0.15) is 23.0 Å². The molecule has 14 nitrogen and oxygen atoms in total. The fraction of sp³-hybridized carbons (Fsp3) is 0.395. The van der Waals surface area contributed by atoms with Crippen molar-refractivity contribution in [2.24, 2.45) is 11.3 Å². The molecule has 0 bridgehead atoms. The molecular formula is C43H50ClN7O7S. The van der Waals surface area contributed by atoms with Crippen molar-refractivity contribution >= 4 is 56.0 Å². The molecule has 0 radical (unpaired) electrons. The number of nitrogens with one attached hydrogen (secondary N) is 2. The lowest BCUT2D eigenvalue weighted by molar-refractivity contribution is -0.384. The van der Waals surface area contributed by atoms with Crippen LogP contribution in [0.1, 0.15) is 61.9 Å². The predicted molar refractivity (Wildman–Crippen MR) is 230 cm³/mol. The van der Waals surface area contributed by atoms with Gasteiger partial charge in [-0.15, -0.1) is 0 Å². The van der Waals surface area contributed by atoms with E-state index < -0.39 is 31.4 Å². The second kappa shape index (κ2) is 18.0. The average molecular weight is 844 g/mol. The number of hydrogen-bond donors (Lipinski definition) is 3. The maximum absolute atomic E-state index is 13.8. The van der Waals surface area contributed by atoms with Crippen molar-refractivity contribution in [1.29, 1.82) is 0 Å². The Labute approximate surface area is 349 Å². The number of sulfonamides is 1. The number of halogens is 1. The third-order valence-electron chi connectivity index (χ3n) is 11.3. The van der Waals surface area contributed by atoms with Crippen LogP contribution in [0.25, 0.3) is 5.57 Å². The predicted octanol–water partition coefficient (Wildman–Crippen LogP) is 7.76. The van der Waals surface area contributed by atoms with E-state index in [0.717, 1.165) is 81.6 Å². The molecule has 0 saturated carbocycles. The van der Waals surface area contributed by atoms with Gasteiger partial charge in [-0.3, -0.25) is 19.8 Å². The summed E-state index contributed by atoms with van der Waals surface area (Å²) in [5.41, 5.74) is 10.7. The van der Waals surface area contributed by atoms with Crippen LogP contribution in [0.4, 0.5) is 22.9 Å². The molecule has 2 saturated heterocycles. The van der Waals surface area contributed by atoms with E-state index in [1.165, 1.54) is 47.2 Å². The van der Waals surface area contributed by atoms with E-state index in [9.17, 15) is 23.3 Å². The molecule has 1 aliphatic carbocycles. The number of rotatable bonds is 13. The topological polar surface area (TPSA) is 182 Å². The SMILES string of the molecule is CC1(C)CCC(CN2CCN(c3ccc(C(=O)NS(=O)(=O)c4ccc(NCC5CCOCC5)c([N+](=O)[O-])c4)c(Oc4ccnc(N)c4)c3)CC2)=C(c2ccc(Cl)cc2)C1. The number of hydrogen-bond acceptors (Lipinski definition) is 12. The number of amides is 1. The van der Waals surface area contributed by atoms with Crippen LogP contribution in [0.5, 0.6) is 11.5 Å². The smallest absolute Gasteiger partial charge is 0.293 e. The van der Waals surface area contributed by atoms with Crippen LogP contribution in [0.3, 0.4) is 0 Å². The Balaban J connectivity index is 1.07. The molecule has 4 aromatic rings. The largest absolute Gasteiger partial charge is 0.456 e. The molecule has 0 unspecified atom stereocenters. The second-order valence-corrected chi connectivity index (χ2v) is 18.3. The summed E-state index contributed by atoms with van der Waals surface area (Å²) in [7, 11) is -4.55. The van der Waals surface area contributed by atoms with Crippen molar-refractivity contribution < 1.29 is 27.6 Å². The third kappa shape index (κ3) is 10.5. The third-order valence-corrected chi connectivity index (χ3v) is 12.9. The van der Waals surface area contributed by atoms with E-state index in [1.54, 1.807) is 18.2 Å². The van der Waals surface area contributed by atoms with Gasteiger partial charge >= 0.3 is 0 Å². The van der Waals surface area contributed by atoms with Gasteiger partial charge in [-0.1, -0.05) is 43.2 Å². The summed E-state index contributed by atoms with van der Waals surface area (Å²) in [6, 6.07) is 19.8. The van der Waals surface area contributed by atoms with Crippen molar-refractivity contribution in [1.82, 2.24) is 14.6 Å². The lowest BCUT2D eigenvalue weighted by atomic mass is 9.72. The molecule has 4 N–H and O–H groups in total. The number of anilines is 3. The summed E-state index contributed by atoms with van der Waals surface area (Å²) in [5.74, 6) is -0.0931. The molecule has 59 heavy (non-hydrogen) atoms. The summed E-state index contributed by atoms with van der Waals surface area (Å²) >= 11 is 6.22. The molecule has 3 aromatic carbocycles. The number of nitro groups is 1. The summed E-state index contributed by atoms with van der Waals surface area (Å²) in [4.78, 5) is 33.4. The van der Waals surface area contributed by atoms with Crippen LogP contribution < -0.4 is 25.4 Å². The number of ether oxygens (including phenoxy) is 2. The van der Waals surface area contributed by atoms with E-state index in [2.05, 4.69) is 50.8 Å². The standard InChI is InChI=1S/C43H50ClN7O7S/c1-43(2)15-11-31(37(26-43)30-3-5-32(44)6-4-30)28-49-17-19-50(20-18-49)33-7-9-36(40(23-33)58-34-12-16-46-41(45)24-34)42(52)48-59(55,56)35-8-10-38(39(25-35)51(53)54)47-27-29-13-21-57-22-14-29/h3-10,12,16,23-25,29,47H,11,13-15,17-22,26-28H2,1-2H3,(H2,45,46)(H,48,52). The Morgan fingerprint density at radius 1 is 1.03 bits per heavy atom. The van der Waals surface area contributed by atoms with Crippen LogP contribution >= 0.6 is 11.6 Å². The highest BCUT2D eigenvalue weighted by Crippen LogP contribution is 2.43. The molecule has 0 atom stereocenters. The van der Waals surface area contributed by atoms with Crippen molar-refractivity contribution in [2.75, 3.05) is 68.4 Å². The summed E-state index contributed by atoms with van der Waals surface area (Å²) in [5, 5.41) is 15.8. The Kier molecular flexibility index (Phi) is 12.8. The van der Waals surface area contributed by atoms with Crippen LogP contribution in [0.15, 0.2) is 89.5 Å². The second-order valence-electron chi connectivity index (χ2n) is 16.2. The zero-order valence-corrected chi connectivity index (χ0v) is 34.9. The van der Waals surface area contributed by atoms with Crippen LogP contribution in [-0.2, 0) is 14.8 Å². The number of nitrogens with zero attached hydrogens (tertiary/aromatic N) is 4. The van der Waals surface area contributed by atoms with Gasteiger partial charge in [0.2, 0.25) is 0 Å². The minimum atomic E-state index is -4.55. The first-order valence-corrected chi connectivity index (χ1v) is 21.7. The minimum Gasteiger partial charge on any atom is -0.456 e. The van der Waals surface area contributed by atoms with Gasteiger partial charge in [0.05, 0.1) is 15.4 Å². The summed E-state index contributed by atoms with van der Waals surface area (Å²) < 4.78 is 40.8. The molecule has 3 heterocycles. The Morgan fingerprint density at radius 2 is 1.78 bits per heavy atom. The van der Waals surface area contributed by atoms with Crippen molar-refractivity contribution in [3.8, 4) is 11.5 Å². The van der Waals surface area contributed by atoms with E-state index in [-0.39, 0.29) is 34.2 Å². The molecule has 3 aliphatic rings. The number of pyridine rings is 1. The maximum atomic E-state index is 13.8. The van der Waals surface area contributed by atoms with Gasteiger partial charge in [-0.2, -0.15) is 0 Å². The first kappa shape index (κ1) is 41.9. The van der Waals surface area contributed by atoms with Crippen molar-refractivity contribution in [2.45, 2.75) is 50.8 Å².